The van der Waals surface area contributed by atoms with E-state index in [4.69, 9.17) is 5.73 Å². The highest BCUT2D eigenvalue weighted by molar-refractivity contribution is 5.92. The Labute approximate surface area is 91.5 Å². The quantitative estimate of drug-likeness (QED) is 0.719. The second-order valence-electron chi connectivity index (χ2n) is 4.01. The van der Waals surface area contributed by atoms with Gasteiger partial charge in [-0.2, -0.15) is 0 Å². The van der Waals surface area contributed by atoms with Gasteiger partial charge in [0.15, 0.2) is 5.78 Å². The molecule has 0 aliphatic heterocycles. The predicted octanol–water partition coefficient (Wildman–Crippen LogP) is 2.52. The first kappa shape index (κ1) is 11.9. The molecule has 2 N–H and O–H groups in total. The number of carbonyl (C=O) groups excluding carboxylic acids is 1. The van der Waals surface area contributed by atoms with Crippen LogP contribution in [-0.4, -0.2) is 11.3 Å². The van der Waals surface area contributed by atoms with E-state index in [1.807, 2.05) is 31.2 Å². The van der Waals surface area contributed by atoms with Crippen molar-refractivity contribution < 1.29 is 4.79 Å². The van der Waals surface area contributed by atoms with Gasteiger partial charge in [0, 0.05) is 6.42 Å². The summed E-state index contributed by atoms with van der Waals surface area (Å²) < 4.78 is 0. The van der Waals surface area contributed by atoms with E-state index in [1.54, 1.807) is 0 Å². The fraction of sp³-hybridized carbons (Fsp3) is 0.462. The maximum Gasteiger partial charge on any atom is 0.157 e. The molecule has 2 nitrogen and oxygen atoms in total. The van der Waals surface area contributed by atoms with Crippen LogP contribution in [0.1, 0.15) is 32.6 Å². The Morgan fingerprint density at radius 1 is 1.47 bits per heavy atom. The maximum atomic E-state index is 11.8. The van der Waals surface area contributed by atoms with E-state index in [1.165, 1.54) is 0 Å². The number of rotatable bonds is 3. The minimum Gasteiger partial charge on any atom is -0.315 e. The standard InChI is InChI=1S/C13H19NO/c1-3-4-5-8-11(2)13(14)10-7-6-9-12(13)15/h3-5,8H,2,6-7,9-10,14H2,1H3/b4-3-,8-5-/t13-/m0/s1. The Morgan fingerprint density at radius 2 is 2.20 bits per heavy atom. The summed E-state index contributed by atoms with van der Waals surface area (Å²) in [5.41, 5.74) is 6.02. The second-order valence-corrected chi connectivity index (χ2v) is 4.01. The summed E-state index contributed by atoms with van der Waals surface area (Å²) in [5.74, 6) is 0.129. The number of allylic oxidation sites excluding steroid dienone is 3. The first-order valence-corrected chi connectivity index (χ1v) is 5.42. The van der Waals surface area contributed by atoms with Crippen molar-refractivity contribution >= 4 is 5.78 Å². The lowest BCUT2D eigenvalue weighted by Crippen LogP contribution is -2.50. The molecular formula is C13H19NO. The van der Waals surface area contributed by atoms with E-state index < -0.39 is 5.54 Å². The summed E-state index contributed by atoms with van der Waals surface area (Å²) >= 11 is 0. The van der Waals surface area contributed by atoms with Crippen molar-refractivity contribution in [3.05, 3.63) is 36.5 Å². The molecule has 0 amide bonds. The molecule has 0 unspecified atom stereocenters. The molecule has 0 aromatic carbocycles. The van der Waals surface area contributed by atoms with Crippen LogP contribution >= 0.6 is 0 Å². The minimum absolute atomic E-state index is 0.129. The summed E-state index contributed by atoms with van der Waals surface area (Å²) in [7, 11) is 0. The topological polar surface area (TPSA) is 43.1 Å². The number of ketones is 1. The molecule has 1 fully saturated rings. The summed E-state index contributed by atoms with van der Waals surface area (Å²) in [5, 5.41) is 0. The summed E-state index contributed by atoms with van der Waals surface area (Å²) in [6.07, 6.45) is 10.8. The van der Waals surface area contributed by atoms with Gasteiger partial charge in [-0.05, 0) is 25.3 Å². The summed E-state index contributed by atoms with van der Waals surface area (Å²) in [6, 6.07) is 0. The van der Waals surface area contributed by atoms with Gasteiger partial charge in [0.1, 0.15) is 0 Å². The Morgan fingerprint density at radius 3 is 2.80 bits per heavy atom. The first-order valence-electron chi connectivity index (χ1n) is 5.42. The molecule has 1 aliphatic rings. The highest BCUT2D eigenvalue weighted by Gasteiger charge is 2.37. The van der Waals surface area contributed by atoms with Crippen molar-refractivity contribution in [1.82, 2.24) is 0 Å². The molecule has 82 valence electrons. The highest BCUT2D eigenvalue weighted by Crippen LogP contribution is 2.28. The van der Waals surface area contributed by atoms with Crippen LogP contribution in [0.3, 0.4) is 0 Å². The van der Waals surface area contributed by atoms with E-state index >= 15 is 0 Å². The van der Waals surface area contributed by atoms with Crippen LogP contribution < -0.4 is 5.73 Å². The molecule has 0 saturated heterocycles. The van der Waals surface area contributed by atoms with Gasteiger partial charge < -0.3 is 5.73 Å². The van der Waals surface area contributed by atoms with Crippen molar-refractivity contribution in [1.29, 1.82) is 0 Å². The Kier molecular flexibility index (Phi) is 4.04. The summed E-state index contributed by atoms with van der Waals surface area (Å²) in [4.78, 5) is 11.8. The number of hydrogen-bond acceptors (Lipinski definition) is 2. The molecule has 0 bridgehead atoms. The van der Waals surface area contributed by atoms with Gasteiger partial charge in [-0.25, -0.2) is 0 Å². The largest absolute Gasteiger partial charge is 0.315 e. The van der Waals surface area contributed by atoms with Crippen LogP contribution in [0.4, 0.5) is 0 Å². The highest BCUT2D eigenvalue weighted by atomic mass is 16.1. The van der Waals surface area contributed by atoms with Crippen molar-refractivity contribution in [3.63, 3.8) is 0 Å². The third kappa shape index (κ3) is 2.66. The normalized spacial score (nSPS) is 27.7. The number of nitrogens with two attached hydrogens (primary N) is 1. The van der Waals surface area contributed by atoms with E-state index in [0.717, 1.165) is 24.8 Å². The zero-order chi connectivity index (χ0) is 11.3. The van der Waals surface area contributed by atoms with E-state index in [0.29, 0.717) is 6.42 Å². The Bertz CT molecular complexity index is 314. The van der Waals surface area contributed by atoms with Gasteiger partial charge in [0.05, 0.1) is 5.54 Å². The molecular weight excluding hydrogens is 186 g/mol. The summed E-state index contributed by atoms with van der Waals surface area (Å²) in [6.45, 7) is 5.85. The molecule has 15 heavy (non-hydrogen) atoms. The maximum absolute atomic E-state index is 11.8. The number of carbonyl (C=O) groups is 1. The van der Waals surface area contributed by atoms with Gasteiger partial charge in [-0.1, -0.05) is 37.3 Å². The average molecular weight is 205 g/mol. The lowest BCUT2D eigenvalue weighted by molar-refractivity contribution is -0.124. The van der Waals surface area contributed by atoms with Crippen molar-refractivity contribution in [2.24, 2.45) is 5.73 Å². The lowest BCUT2D eigenvalue weighted by Gasteiger charge is -2.32. The van der Waals surface area contributed by atoms with Crippen molar-refractivity contribution in [3.8, 4) is 0 Å². The zero-order valence-electron chi connectivity index (χ0n) is 9.33. The van der Waals surface area contributed by atoms with Crippen molar-refractivity contribution in [2.75, 3.05) is 0 Å². The molecule has 1 atom stereocenters. The molecule has 1 aliphatic carbocycles. The first-order chi connectivity index (χ1) is 7.11. The zero-order valence-corrected chi connectivity index (χ0v) is 9.33. The second kappa shape index (κ2) is 5.08. The van der Waals surface area contributed by atoms with Gasteiger partial charge in [-0.15, -0.1) is 0 Å². The molecule has 0 aromatic heterocycles. The van der Waals surface area contributed by atoms with Crippen LogP contribution in [0.2, 0.25) is 0 Å². The third-order valence-corrected chi connectivity index (χ3v) is 2.90. The van der Waals surface area contributed by atoms with Crippen LogP contribution in [0.5, 0.6) is 0 Å². The molecule has 0 heterocycles. The van der Waals surface area contributed by atoms with E-state index in [-0.39, 0.29) is 5.78 Å². The smallest absolute Gasteiger partial charge is 0.157 e. The van der Waals surface area contributed by atoms with Crippen LogP contribution in [0, 0.1) is 0 Å². The van der Waals surface area contributed by atoms with Gasteiger partial charge in [-0.3, -0.25) is 4.79 Å². The van der Waals surface area contributed by atoms with Gasteiger partial charge in [0.25, 0.3) is 0 Å². The van der Waals surface area contributed by atoms with Crippen LogP contribution in [-0.2, 0) is 4.79 Å². The SMILES string of the molecule is C=C(/C=C\C=C/C)[C@@]1(N)CCCCC1=O. The van der Waals surface area contributed by atoms with Crippen LogP contribution in [0.15, 0.2) is 36.5 Å². The van der Waals surface area contributed by atoms with Crippen molar-refractivity contribution in [2.45, 2.75) is 38.1 Å². The molecule has 1 rings (SSSR count). The molecule has 0 radical (unpaired) electrons. The molecule has 0 spiro atoms. The predicted molar refractivity (Wildman–Crippen MR) is 63.5 cm³/mol. The fourth-order valence-corrected chi connectivity index (χ4v) is 1.82. The monoisotopic (exact) mass is 205 g/mol. The average Bonchev–Trinajstić information content (AvgIpc) is 2.23. The lowest BCUT2D eigenvalue weighted by atomic mass is 9.76. The van der Waals surface area contributed by atoms with E-state index in [9.17, 15) is 4.79 Å². The molecule has 0 aromatic rings. The van der Waals surface area contributed by atoms with Crippen LogP contribution in [0.25, 0.3) is 0 Å². The Hall–Kier alpha value is -1.15. The van der Waals surface area contributed by atoms with Gasteiger partial charge in [0.2, 0.25) is 0 Å². The Balaban J connectivity index is 2.75. The number of hydrogen-bond donors (Lipinski definition) is 1. The fourth-order valence-electron chi connectivity index (χ4n) is 1.82. The third-order valence-electron chi connectivity index (χ3n) is 2.90. The number of Topliss-reactive ketones (excluding diaryl/α,β-unsaturated/α-hetero) is 1. The van der Waals surface area contributed by atoms with Gasteiger partial charge >= 0.3 is 0 Å². The molecule has 2 heteroatoms. The molecule has 1 saturated carbocycles. The minimum atomic E-state index is -0.809. The van der Waals surface area contributed by atoms with E-state index in [2.05, 4.69) is 6.58 Å².